The first-order chi connectivity index (χ1) is 6.81. The summed E-state index contributed by atoms with van der Waals surface area (Å²) < 4.78 is 4.79. The monoisotopic (exact) mass is 268 g/mol. The number of nitrogens with zero attached hydrogens (tertiary/aromatic N) is 2. The molecule has 0 aliphatic carbocycles. The zero-order valence-electron chi connectivity index (χ0n) is 7.70. The van der Waals surface area contributed by atoms with Gasteiger partial charge in [0.25, 0.3) is 0 Å². The van der Waals surface area contributed by atoms with Gasteiger partial charge in [0.2, 0.25) is 4.73 Å². The van der Waals surface area contributed by atoms with Gasteiger partial charge in [-0.25, -0.2) is 4.98 Å². The summed E-state index contributed by atoms with van der Waals surface area (Å²) in [5.41, 5.74) is 2.51. The molecule has 0 radical (unpaired) electrons. The van der Waals surface area contributed by atoms with Crippen molar-refractivity contribution in [2.45, 2.75) is 13.3 Å². The minimum Gasteiger partial charge on any atom is -0.209 e. The molecule has 2 nitrogen and oxygen atoms in total. The van der Waals surface area contributed by atoms with Gasteiger partial charge < -0.3 is 0 Å². The van der Waals surface area contributed by atoms with Gasteiger partial charge in [-0.15, -0.1) is 0 Å². The van der Waals surface area contributed by atoms with Gasteiger partial charge in [-0.2, -0.15) is 4.37 Å². The average molecular weight is 269 g/mol. The van der Waals surface area contributed by atoms with Crippen molar-refractivity contribution in [2.75, 3.05) is 0 Å². The summed E-state index contributed by atoms with van der Waals surface area (Å²) in [6.07, 6.45) is 1.02. The Balaban J connectivity index is 2.50. The molecule has 72 valence electrons. The molecule has 2 aromatic rings. The minimum atomic E-state index is 0.670. The lowest BCUT2D eigenvalue weighted by atomic mass is 10.1. The molecule has 0 amide bonds. The predicted molar refractivity (Wildman–Crippen MR) is 62.4 cm³/mol. The molecular formula is C10H9BrN2S. The molecule has 0 bridgehead atoms. The molecule has 14 heavy (non-hydrogen) atoms. The number of aromatic nitrogens is 2. The molecule has 4 heteroatoms. The lowest BCUT2D eigenvalue weighted by Gasteiger charge is -2.02. The summed E-state index contributed by atoms with van der Waals surface area (Å²) in [5, 5.41) is 0.981. The molecule has 1 aromatic heterocycles. The van der Waals surface area contributed by atoms with E-state index in [9.17, 15) is 0 Å². The molecule has 0 aliphatic heterocycles. The maximum Gasteiger partial charge on any atom is 0.209 e. The normalized spacial score (nSPS) is 10.4. The van der Waals surface area contributed by atoms with Gasteiger partial charge in [0.1, 0.15) is 5.01 Å². The maximum absolute atomic E-state index is 4.31. The van der Waals surface area contributed by atoms with Crippen LogP contribution in [0.15, 0.2) is 29.0 Å². The van der Waals surface area contributed by atoms with Crippen molar-refractivity contribution in [3.8, 4) is 10.6 Å². The van der Waals surface area contributed by atoms with E-state index in [0.29, 0.717) is 4.73 Å². The molecular weight excluding hydrogens is 260 g/mol. The van der Waals surface area contributed by atoms with E-state index < -0.39 is 0 Å². The van der Waals surface area contributed by atoms with Crippen molar-refractivity contribution >= 4 is 27.5 Å². The fourth-order valence-electron chi connectivity index (χ4n) is 1.35. The van der Waals surface area contributed by atoms with Crippen LogP contribution in [0.4, 0.5) is 0 Å². The fraction of sp³-hybridized carbons (Fsp3) is 0.200. The first-order valence-electron chi connectivity index (χ1n) is 4.38. The average Bonchev–Trinajstić information content (AvgIpc) is 2.65. The van der Waals surface area contributed by atoms with E-state index in [0.717, 1.165) is 11.4 Å². The molecule has 1 aromatic carbocycles. The van der Waals surface area contributed by atoms with E-state index in [2.05, 4.69) is 50.4 Å². The standard InChI is InChI=1S/C10H9BrN2S/c1-2-7-5-3-4-6-8(7)9-12-10(11)13-14-9/h3-6H,2H2,1H3. The maximum atomic E-state index is 4.31. The van der Waals surface area contributed by atoms with Gasteiger partial charge in [-0.3, -0.25) is 0 Å². The van der Waals surface area contributed by atoms with Gasteiger partial charge >= 0.3 is 0 Å². The van der Waals surface area contributed by atoms with Crippen LogP contribution in [0.3, 0.4) is 0 Å². The lowest BCUT2D eigenvalue weighted by Crippen LogP contribution is -1.85. The van der Waals surface area contributed by atoms with Crippen molar-refractivity contribution in [1.29, 1.82) is 0 Å². The Bertz CT molecular complexity index is 439. The highest BCUT2D eigenvalue weighted by Crippen LogP contribution is 2.26. The number of rotatable bonds is 2. The fourth-order valence-corrected chi connectivity index (χ4v) is 2.49. The van der Waals surface area contributed by atoms with Crippen molar-refractivity contribution in [2.24, 2.45) is 0 Å². The van der Waals surface area contributed by atoms with Crippen molar-refractivity contribution < 1.29 is 0 Å². The minimum absolute atomic E-state index is 0.670. The third kappa shape index (κ3) is 1.86. The second kappa shape index (κ2) is 4.19. The summed E-state index contributed by atoms with van der Waals surface area (Å²) in [5.74, 6) is 0. The summed E-state index contributed by atoms with van der Waals surface area (Å²) >= 11 is 4.69. The van der Waals surface area contributed by atoms with Gasteiger partial charge in [-0.05, 0) is 39.4 Å². The quantitative estimate of drug-likeness (QED) is 0.833. The second-order valence-electron chi connectivity index (χ2n) is 2.88. The molecule has 0 unspecified atom stereocenters. The highest BCUT2D eigenvalue weighted by atomic mass is 79.9. The molecule has 2 rings (SSSR count). The zero-order valence-corrected chi connectivity index (χ0v) is 10.1. The van der Waals surface area contributed by atoms with Crippen molar-refractivity contribution in [3.63, 3.8) is 0 Å². The molecule has 0 saturated carbocycles. The Kier molecular flexibility index (Phi) is 2.93. The van der Waals surface area contributed by atoms with Gasteiger partial charge in [-0.1, -0.05) is 31.2 Å². The van der Waals surface area contributed by atoms with Crippen LogP contribution >= 0.6 is 27.5 Å². The van der Waals surface area contributed by atoms with E-state index in [4.69, 9.17) is 0 Å². The van der Waals surface area contributed by atoms with Crippen molar-refractivity contribution in [3.05, 3.63) is 34.6 Å². The number of hydrogen-bond acceptors (Lipinski definition) is 3. The van der Waals surface area contributed by atoms with Crippen LogP contribution in [0.5, 0.6) is 0 Å². The SMILES string of the molecule is CCc1ccccc1-c1nc(Br)ns1. The van der Waals surface area contributed by atoms with Crippen LogP contribution in [-0.4, -0.2) is 9.36 Å². The number of hydrogen-bond donors (Lipinski definition) is 0. The van der Waals surface area contributed by atoms with Gasteiger partial charge in [0.15, 0.2) is 0 Å². The number of benzene rings is 1. The van der Waals surface area contributed by atoms with Crippen LogP contribution in [0.1, 0.15) is 12.5 Å². The molecule has 0 saturated heterocycles. The van der Waals surface area contributed by atoms with Crippen LogP contribution in [0.2, 0.25) is 0 Å². The zero-order chi connectivity index (χ0) is 9.97. The largest absolute Gasteiger partial charge is 0.209 e. The van der Waals surface area contributed by atoms with E-state index in [-0.39, 0.29) is 0 Å². The van der Waals surface area contributed by atoms with Crippen molar-refractivity contribution in [1.82, 2.24) is 9.36 Å². The molecule has 0 atom stereocenters. The molecule has 0 aliphatic rings. The Hall–Kier alpha value is -0.740. The molecule has 0 fully saturated rings. The van der Waals surface area contributed by atoms with Crippen LogP contribution < -0.4 is 0 Å². The summed E-state index contributed by atoms with van der Waals surface area (Å²) in [6, 6.07) is 8.30. The van der Waals surface area contributed by atoms with E-state index >= 15 is 0 Å². The van der Waals surface area contributed by atoms with E-state index in [1.54, 1.807) is 0 Å². The first-order valence-corrected chi connectivity index (χ1v) is 5.95. The molecule has 0 spiro atoms. The Morgan fingerprint density at radius 3 is 2.79 bits per heavy atom. The number of aryl methyl sites for hydroxylation is 1. The van der Waals surface area contributed by atoms with Crippen LogP contribution in [-0.2, 0) is 6.42 Å². The second-order valence-corrected chi connectivity index (χ2v) is 4.34. The Labute approximate surface area is 95.3 Å². The Morgan fingerprint density at radius 2 is 2.14 bits per heavy atom. The van der Waals surface area contributed by atoms with Gasteiger partial charge in [0.05, 0.1) is 0 Å². The number of halogens is 1. The highest BCUT2D eigenvalue weighted by Gasteiger charge is 2.07. The predicted octanol–water partition coefficient (Wildman–Crippen LogP) is 3.53. The summed E-state index contributed by atoms with van der Waals surface area (Å²) in [6.45, 7) is 2.15. The summed E-state index contributed by atoms with van der Waals surface area (Å²) in [4.78, 5) is 4.31. The highest BCUT2D eigenvalue weighted by molar-refractivity contribution is 9.10. The van der Waals surface area contributed by atoms with Gasteiger partial charge in [0, 0.05) is 5.56 Å². The first kappa shape index (κ1) is 9.80. The third-order valence-electron chi connectivity index (χ3n) is 2.03. The Morgan fingerprint density at radius 1 is 1.36 bits per heavy atom. The van der Waals surface area contributed by atoms with Crippen LogP contribution in [0.25, 0.3) is 10.6 Å². The third-order valence-corrected chi connectivity index (χ3v) is 3.37. The lowest BCUT2D eigenvalue weighted by molar-refractivity contribution is 1.14. The van der Waals surface area contributed by atoms with E-state index in [1.807, 2.05) is 6.07 Å². The van der Waals surface area contributed by atoms with E-state index in [1.165, 1.54) is 22.7 Å². The molecule has 0 N–H and O–H groups in total. The smallest absolute Gasteiger partial charge is 0.209 e. The summed E-state index contributed by atoms with van der Waals surface area (Å²) in [7, 11) is 0. The molecule has 1 heterocycles. The topological polar surface area (TPSA) is 25.8 Å². The van der Waals surface area contributed by atoms with Crippen LogP contribution in [0, 0.1) is 0 Å².